The van der Waals surface area contributed by atoms with Gasteiger partial charge >= 0.3 is 0 Å². The van der Waals surface area contributed by atoms with Crippen molar-refractivity contribution in [2.45, 2.75) is 6.42 Å². The van der Waals surface area contributed by atoms with Gasteiger partial charge in [-0.1, -0.05) is 18.2 Å². The van der Waals surface area contributed by atoms with E-state index in [1.165, 1.54) is 28.6 Å². The zero-order chi connectivity index (χ0) is 15.1. The summed E-state index contributed by atoms with van der Waals surface area (Å²) in [6.07, 6.45) is 3.72. The maximum atomic E-state index is 10.0. The van der Waals surface area contributed by atoms with Crippen LogP contribution in [-0.2, 0) is 6.42 Å². The lowest BCUT2D eigenvalue weighted by atomic mass is 10.1. The van der Waals surface area contributed by atoms with Gasteiger partial charge in [0, 0.05) is 22.7 Å². The van der Waals surface area contributed by atoms with Crippen molar-refractivity contribution >= 4 is 17.2 Å². The molecule has 4 heteroatoms. The van der Waals surface area contributed by atoms with Crippen LogP contribution in [0.2, 0.25) is 0 Å². The van der Waals surface area contributed by atoms with Crippen LogP contribution in [0.5, 0.6) is 5.75 Å². The van der Waals surface area contributed by atoms with Gasteiger partial charge in [0.1, 0.15) is 12.0 Å². The van der Waals surface area contributed by atoms with Crippen molar-refractivity contribution in [1.29, 1.82) is 0 Å². The van der Waals surface area contributed by atoms with Crippen LogP contribution in [0.25, 0.3) is 10.9 Å². The fourth-order valence-electron chi connectivity index (χ4n) is 2.05. The Balaban J connectivity index is 0.000000161. The molecule has 3 aromatic rings. The molecular weight excluding hydrogens is 264 g/mol. The number of phenolic OH excluding ortho intramolecular Hbond substituents is 1. The number of carbonyl (C=O) groups excluding carboxylic acids is 1. The van der Waals surface area contributed by atoms with Crippen LogP contribution in [0.4, 0.5) is 0 Å². The number of aromatic amines is 1. The van der Waals surface area contributed by atoms with Crippen molar-refractivity contribution in [3.8, 4) is 5.75 Å². The standard InChI is InChI=1S/C10H12N2.C7H6O2/c11-6-5-8-7-12-10-4-2-1-3-9(8)10;8-5-6-1-3-7(9)4-2-6/h1-4,7,12H,5-6,11H2;1-5,9H. The Morgan fingerprint density at radius 3 is 2.48 bits per heavy atom. The van der Waals surface area contributed by atoms with Crippen molar-refractivity contribution < 1.29 is 9.90 Å². The molecule has 4 nitrogen and oxygen atoms in total. The average Bonchev–Trinajstić information content (AvgIpc) is 2.93. The van der Waals surface area contributed by atoms with Gasteiger partial charge in [-0.3, -0.25) is 4.79 Å². The summed E-state index contributed by atoms with van der Waals surface area (Å²) in [5.74, 6) is 0.181. The first-order chi connectivity index (χ1) is 10.2. The molecule has 1 heterocycles. The lowest BCUT2D eigenvalue weighted by Crippen LogP contribution is -2.01. The fourth-order valence-corrected chi connectivity index (χ4v) is 2.05. The third kappa shape index (κ3) is 3.94. The minimum Gasteiger partial charge on any atom is -0.508 e. The summed E-state index contributed by atoms with van der Waals surface area (Å²) >= 11 is 0. The van der Waals surface area contributed by atoms with E-state index in [-0.39, 0.29) is 5.75 Å². The predicted octanol–water partition coefficient (Wildman–Crippen LogP) is 2.87. The number of fused-ring (bicyclic) bond motifs is 1. The average molecular weight is 282 g/mol. The molecule has 0 saturated carbocycles. The van der Waals surface area contributed by atoms with Gasteiger partial charge < -0.3 is 15.8 Å². The highest BCUT2D eigenvalue weighted by Crippen LogP contribution is 2.17. The number of H-pyrrole nitrogens is 1. The number of nitrogens with two attached hydrogens (primary N) is 1. The van der Waals surface area contributed by atoms with E-state index in [0.29, 0.717) is 12.1 Å². The van der Waals surface area contributed by atoms with E-state index in [9.17, 15) is 4.79 Å². The predicted molar refractivity (Wildman–Crippen MR) is 84.6 cm³/mol. The molecule has 108 valence electrons. The lowest BCUT2D eigenvalue weighted by Gasteiger charge is -1.93. The van der Waals surface area contributed by atoms with Crippen LogP contribution >= 0.6 is 0 Å². The number of aromatic nitrogens is 1. The summed E-state index contributed by atoms with van der Waals surface area (Å²) in [7, 11) is 0. The van der Waals surface area contributed by atoms with Crippen LogP contribution in [0.3, 0.4) is 0 Å². The molecular formula is C17H18N2O2. The van der Waals surface area contributed by atoms with Gasteiger partial charge in [0.25, 0.3) is 0 Å². The molecule has 1 aromatic heterocycles. The Labute approximate surface area is 123 Å². The smallest absolute Gasteiger partial charge is 0.150 e. The second-order valence-electron chi connectivity index (χ2n) is 4.61. The Bertz CT molecular complexity index is 702. The fraction of sp³-hybridized carbons (Fsp3) is 0.118. The maximum absolute atomic E-state index is 10.0. The number of hydrogen-bond acceptors (Lipinski definition) is 3. The molecule has 0 aliphatic heterocycles. The number of para-hydroxylation sites is 1. The third-order valence-electron chi connectivity index (χ3n) is 3.12. The highest BCUT2D eigenvalue weighted by molar-refractivity contribution is 5.83. The van der Waals surface area contributed by atoms with Gasteiger partial charge in [0.05, 0.1) is 0 Å². The summed E-state index contributed by atoms with van der Waals surface area (Å²) in [6, 6.07) is 14.4. The van der Waals surface area contributed by atoms with Crippen LogP contribution in [-0.4, -0.2) is 22.9 Å². The van der Waals surface area contributed by atoms with Gasteiger partial charge in [0.15, 0.2) is 0 Å². The SMILES string of the molecule is NCCc1c[nH]c2ccccc12.O=Cc1ccc(O)cc1. The van der Waals surface area contributed by atoms with Crippen molar-refractivity contribution in [3.05, 3.63) is 65.9 Å². The second-order valence-corrected chi connectivity index (χ2v) is 4.61. The van der Waals surface area contributed by atoms with E-state index in [1.807, 2.05) is 12.3 Å². The van der Waals surface area contributed by atoms with Crippen LogP contribution in [0, 0.1) is 0 Å². The molecule has 3 rings (SSSR count). The molecule has 0 radical (unpaired) electrons. The number of nitrogens with one attached hydrogen (secondary N) is 1. The van der Waals surface area contributed by atoms with Crippen LogP contribution in [0.1, 0.15) is 15.9 Å². The highest BCUT2D eigenvalue weighted by Gasteiger charge is 1.99. The van der Waals surface area contributed by atoms with Gasteiger partial charge in [-0.2, -0.15) is 0 Å². The molecule has 2 aromatic carbocycles. The zero-order valence-electron chi connectivity index (χ0n) is 11.6. The van der Waals surface area contributed by atoms with Crippen LogP contribution in [0.15, 0.2) is 54.7 Å². The molecule has 0 spiro atoms. The van der Waals surface area contributed by atoms with Crippen molar-refractivity contribution in [1.82, 2.24) is 4.98 Å². The first-order valence-electron chi connectivity index (χ1n) is 6.74. The number of phenols is 1. The number of carbonyl (C=O) groups is 1. The minimum absolute atomic E-state index is 0.181. The Morgan fingerprint density at radius 1 is 1.10 bits per heavy atom. The molecule has 0 bridgehead atoms. The first-order valence-corrected chi connectivity index (χ1v) is 6.74. The van der Waals surface area contributed by atoms with E-state index in [4.69, 9.17) is 10.8 Å². The van der Waals surface area contributed by atoms with E-state index in [0.717, 1.165) is 12.7 Å². The highest BCUT2D eigenvalue weighted by atomic mass is 16.3. The van der Waals surface area contributed by atoms with E-state index >= 15 is 0 Å². The number of hydrogen-bond donors (Lipinski definition) is 3. The van der Waals surface area contributed by atoms with Crippen molar-refractivity contribution in [2.75, 3.05) is 6.54 Å². The zero-order valence-corrected chi connectivity index (χ0v) is 11.6. The Kier molecular flexibility index (Phi) is 5.12. The summed E-state index contributed by atoms with van der Waals surface area (Å²) < 4.78 is 0. The molecule has 0 fully saturated rings. The summed E-state index contributed by atoms with van der Waals surface area (Å²) in [6.45, 7) is 0.710. The van der Waals surface area contributed by atoms with Gasteiger partial charge in [-0.15, -0.1) is 0 Å². The number of aromatic hydroxyl groups is 1. The minimum atomic E-state index is 0.181. The number of benzene rings is 2. The number of aldehydes is 1. The topological polar surface area (TPSA) is 79.1 Å². The van der Waals surface area contributed by atoms with Crippen molar-refractivity contribution in [2.24, 2.45) is 5.73 Å². The van der Waals surface area contributed by atoms with E-state index in [1.54, 1.807) is 12.1 Å². The molecule has 0 unspecified atom stereocenters. The lowest BCUT2D eigenvalue weighted by molar-refractivity contribution is 0.112. The summed E-state index contributed by atoms with van der Waals surface area (Å²) in [5, 5.41) is 10.0. The van der Waals surface area contributed by atoms with E-state index in [2.05, 4.69) is 23.2 Å². The molecule has 0 aliphatic rings. The second kappa shape index (κ2) is 7.26. The molecule has 0 amide bonds. The first kappa shape index (κ1) is 14.8. The number of rotatable bonds is 3. The van der Waals surface area contributed by atoms with Gasteiger partial charge in [-0.05, 0) is 48.9 Å². The van der Waals surface area contributed by atoms with Gasteiger partial charge in [0.2, 0.25) is 0 Å². The molecule has 0 atom stereocenters. The Hall–Kier alpha value is -2.59. The third-order valence-corrected chi connectivity index (χ3v) is 3.12. The molecule has 0 aliphatic carbocycles. The van der Waals surface area contributed by atoms with E-state index < -0.39 is 0 Å². The largest absolute Gasteiger partial charge is 0.508 e. The summed E-state index contributed by atoms with van der Waals surface area (Å²) in [5.41, 5.74) is 8.58. The maximum Gasteiger partial charge on any atom is 0.150 e. The monoisotopic (exact) mass is 282 g/mol. The van der Waals surface area contributed by atoms with Crippen molar-refractivity contribution in [3.63, 3.8) is 0 Å². The molecule has 4 N–H and O–H groups in total. The molecule has 0 saturated heterocycles. The quantitative estimate of drug-likeness (QED) is 0.646. The Morgan fingerprint density at radius 2 is 1.81 bits per heavy atom. The van der Waals surface area contributed by atoms with Crippen LogP contribution < -0.4 is 5.73 Å². The van der Waals surface area contributed by atoms with Gasteiger partial charge in [-0.25, -0.2) is 0 Å². The molecule has 21 heavy (non-hydrogen) atoms. The normalized spacial score (nSPS) is 9.95. The summed E-state index contributed by atoms with van der Waals surface area (Å²) in [4.78, 5) is 13.3.